The van der Waals surface area contributed by atoms with E-state index in [4.69, 9.17) is 5.11 Å². The summed E-state index contributed by atoms with van der Waals surface area (Å²) in [6.45, 7) is 1.40. The maximum absolute atomic E-state index is 11.6. The zero-order valence-corrected chi connectivity index (χ0v) is 10.5. The Kier molecular flexibility index (Phi) is 4.20. The Morgan fingerprint density at radius 3 is 2.56 bits per heavy atom. The van der Waals surface area contributed by atoms with Crippen LogP contribution >= 0.6 is 0 Å². The molecule has 2 rings (SSSR count). The number of urea groups is 1. The van der Waals surface area contributed by atoms with E-state index < -0.39 is 0 Å². The van der Waals surface area contributed by atoms with Crippen LogP contribution in [0.15, 0.2) is 30.3 Å². The minimum absolute atomic E-state index is 0.136. The Morgan fingerprint density at radius 2 is 1.94 bits per heavy atom. The zero-order valence-electron chi connectivity index (χ0n) is 10.5. The first kappa shape index (κ1) is 12.9. The largest absolute Gasteiger partial charge is 0.396 e. The minimum atomic E-state index is -0.136. The van der Waals surface area contributed by atoms with Crippen LogP contribution in [-0.2, 0) is 6.54 Å². The second kappa shape index (κ2) is 5.87. The number of benzene rings is 1. The van der Waals surface area contributed by atoms with Crippen LogP contribution in [0.4, 0.5) is 4.79 Å². The second-order valence-electron chi connectivity index (χ2n) is 5.00. The number of aliphatic hydroxyl groups is 1. The van der Waals surface area contributed by atoms with Gasteiger partial charge in [-0.1, -0.05) is 30.3 Å². The van der Waals surface area contributed by atoms with Gasteiger partial charge in [-0.15, -0.1) is 0 Å². The summed E-state index contributed by atoms with van der Waals surface area (Å²) in [5.74, 6) is 0. The molecule has 1 saturated carbocycles. The predicted molar refractivity (Wildman–Crippen MR) is 70.1 cm³/mol. The van der Waals surface area contributed by atoms with Gasteiger partial charge in [0.25, 0.3) is 0 Å². The predicted octanol–water partition coefficient (Wildman–Crippen LogP) is 1.65. The van der Waals surface area contributed by atoms with Crippen molar-refractivity contribution >= 4 is 6.03 Å². The summed E-state index contributed by atoms with van der Waals surface area (Å²) in [4.78, 5) is 11.6. The van der Waals surface area contributed by atoms with Crippen LogP contribution in [0.2, 0.25) is 0 Å². The Hall–Kier alpha value is -1.55. The lowest BCUT2D eigenvalue weighted by atomic mass is 10.0. The van der Waals surface area contributed by atoms with Crippen LogP contribution in [0.3, 0.4) is 0 Å². The van der Waals surface area contributed by atoms with Crippen molar-refractivity contribution in [2.45, 2.75) is 25.8 Å². The van der Waals surface area contributed by atoms with Gasteiger partial charge in [-0.25, -0.2) is 4.79 Å². The van der Waals surface area contributed by atoms with Crippen LogP contribution in [0.25, 0.3) is 0 Å². The van der Waals surface area contributed by atoms with E-state index in [1.165, 1.54) is 0 Å². The monoisotopic (exact) mass is 248 g/mol. The van der Waals surface area contributed by atoms with Gasteiger partial charge >= 0.3 is 6.03 Å². The molecule has 4 heteroatoms. The van der Waals surface area contributed by atoms with E-state index in [0.29, 0.717) is 13.1 Å². The van der Waals surface area contributed by atoms with Gasteiger partial charge in [0.1, 0.15) is 0 Å². The fraction of sp³-hybridized carbons (Fsp3) is 0.500. The molecular weight excluding hydrogens is 228 g/mol. The van der Waals surface area contributed by atoms with E-state index in [1.807, 2.05) is 30.3 Å². The molecule has 0 heterocycles. The lowest BCUT2D eigenvalue weighted by Gasteiger charge is -2.15. The third-order valence-electron chi connectivity index (χ3n) is 3.52. The smallest absolute Gasteiger partial charge is 0.315 e. The average molecular weight is 248 g/mol. The average Bonchev–Trinajstić information content (AvgIpc) is 3.16. The highest BCUT2D eigenvalue weighted by atomic mass is 16.3. The molecule has 18 heavy (non-hydrogen) atoms. The topological polar surface area (TPSA) is 61.4 Å². The third-order valence-corrected chi connectivity index (χ3v) is 3.52. The molecular formula is C14H20N2O2. The molecule has 0 spiro atoms. The number of hydrogen-bond acceptors (Lipinski definition) is 2. The molecule has 0 aliphatic heterocycles. The van der Waals surface area contributed by atoms with Crippen LogP contribution in [-0.4, -0.2) is 24.3 Å². The van der Waals surface area contributed by atoms with Crippen LogP contribution < -0.4 is 10.6 Å². The molecule has 2 amide bonds. The van der Waals surface area contributed by atoms with Crippen molar-refractivity contribution in [2.24, 2.45) is 5.41 Å². The Bertz CT molecular complexity index is 388. The summed E-state index contributed by atoms with van der Waals surface area (Å²) in [5.41, 5.74) is 1.25. The molecule has 0 bridgehead atoms. The molecule has 0 unspecified atom stereocenters. The lowest BCUT2D eigenvalue weighted by molar-refractivity contribution is 0.227. The SMILES string of the molecule is O=C(NCc1ccccc1)NCC1(CCO)CC1. The molecule has 1 aromatic rings. The Balaban J connectivity index is 1.67. The van der Waals surface area contributed by atoms with Crippen molar-refractivity contribution in [2.75, 3.05) is 13.2 Å². The molecule has 1 fully saturated rings. The molecule has 3 N–H and O–H groups in total. The van der Waals surface area contributed by atoms with Gasteiger partial charge in [0, 0.05) is 19.7 Å². The summed E-state index contributed by atoms with van der Waals surface area (Å²) in [6.07, 6.45) is 2.99. The van der Waals surface area contributed by atoms with Gasteiger partial charge in [0.15, 0.2) is 0 Å². The highest BCUT2D eigenvalue weighted by Gasteiger charge is 2.41. The van der Waals surface area contributed by atoms with Crippen LogP contribution in [0, 0.1) is 5.41 Å². The maximum atomic E-state index is 11.6. The van der Waals surface area contributed by atoms with Gasteiger partial charge in [-0.3, -0.25) is 0 Å². The van der Waals surface area contributed by atoms with E-state index in [1.54, 1.807) is 0 Å². The number of aliphatic hydroxyl groups excluding tert-OH is 1. The van der Waals surface area contributed by atoms with E-state index >= 15 is 0 Å². The van der Waals surface area contributed by atoms with Crippen molar-refractivity contribution in [3.63, 3.8) is 0 Å². The number of hydrogen-bond donors (Lipinski definition) is 3. The van der Waals surface area contributed by atoms with Crippen LogP contribution in [0.1, 0.15) is 24.8 Å². The lowest BCUT2D eigenvalue weighted by Crippen LogP contribution is -2.38. The van der Waals surface area contributed by atoms with Crippen molar-refractivity contribution < 1.29 is 9.90 Å². The zero-order chi connectivity index (χ0) is 12.8. The van der Waals surface area contributed by atoms with Crippen molar-refractivity contribution in [3.8, 4) is 0 Å². The maximum Gasteiger partial charge on any atom is 0.315 e. The van der Waals surface area contributed by atoms with Gasteiger partial charge in [0.2, 0.25) is 0 Å². The van der Waals surface area contributed by atoms with Crippen molar-refractivity contribution in [3.05, 3.63) is 35.9 Å². The van der Waals surface area contributed by atoms with E-state index in [0.717, 1.165) is 24.8 Å². The molecule has 98 valence electrons. The van der Waals surface area contributed by atoms with Crippen LogP contribution in [0.5, 0.6) is 0 Å². The number of carbonyl (C=O) groups is 1. The fourth-order valence-corrected chi connectivity index (χ4v) is 2.04. The van der Waals surface area contributed by atoms with Gasteiger partial charge in [0.05, 0.1) is 0 Å². The number of carbonyl (C=O) groups excluding carboxylic acids is 1. The van der Waals surface area contributed by atoms with Gasteiger partial charge < -0.3 is 15.7 Å². The molecule has 1 aromatic carbocycles. The first-order valence-corrected chi connectivity index (χ1v) is 6.41. The van der Waals surface area contributed by atoms with Crippen molar-refractivity contribution in [1.29, 1.82) is 0 Å². The molecule has 0 aromatic heterocycles. The van der Waals surface area contributed by atoms with Crippen molar-refractivity contribution in [1.82, 2.24) is 10.6 Å². The highest BCUT2D eigenvalue weighted by molar-refractivity contribution is 5.73. The molecule has 0 radical (unpaired) electrons. The Morgan fingerprint density at radius 1 is 1.22 bits per heavy atom. The molecule has 1 aliphatic carbocycles. The first-order chi connectivity index (χ1) is 8.74. The number of rotatable bonds is 6. The summed E-state index contributed by atoms with van der Waals surface area (Å²) in [6, 6.07) is 9.69. The summed E-state index contributed by atoms with van der Waals surface area (Å²) >= 11 is 0. The number of amides is 2. The molecule has 4 nitrogen and oxygen atoms in total. The third kappa shape index (κ3) is 3.74. The first-order valence-electron chi connectivity index (χ1n) is 6.41. The summed E-state index contributed by atoms with van der Waals surface area (Å²) in [5, 5.41) is 14.6. The fourth-order valence-electron chi connectivity index (χ4n) is 2.04. The summed E-state index contributed by atoms with van der Waals surface area (Å²) < 4.78 is 0. The molecule has 1 aliphatic rings. The van der Waals surface area contributed by atoms with E-state index in [2.05, 4.69) is 10.6 Å². The second-order valence-corrected chi connectivity index (χ2v) is 5.00. The van der Waals surface area contributed by atoms with Gasteiger partial charge in [-0.2, -0.15) is 0 Å². The highest BCUT2D eigenvalue weighted by Crippen LogP contribution is 2.47. The standard InChI is InChI=1S/C14H20N2O2/c17-9-8-14(6-7-14)11-16-13(18)15-10-12-4-2-1-3-5-12/h1-5,17H,6-11H2,(H2,15,16,18). The summed E-state index contributed by atoms with van der Waals surface area (Å²) in [7, 11) is 0. The Labute approximate surface area is 107 Å². The normalized spacial score (nSPS) is 16.1. The van der Waals surface area contributed by atoms with E-state index in [9.17, 15) is 4.79 Å². The van der Waals surface area contributed by atoms with Gasteiger partial charge in [-0.05, 0) is 30.2 Å². The molecule has 0 saturated heterocycles. The number of nitrogens with one attached hydrogen (secondary N) is 2. The van der Waals surface area contributed by atoms with E-state index in [-0.39, 0.29) is 18.1 Å². The quantitative estimate of drug-likeness (QED) is 0.717. The minimum Gasteiger partial charge on any atom is -0.396 e. The molecule has 0 atom stereocenters.